The fourth-order valence-electron chi connectivity index (χ4n) is 1.62. The molecule has 17 heavy (non-hydrogen) atoms. The van der Waals surface area contributed by atoms with E-state index >= 15 is 0 Å². The molecule has 0 saturated heterocycles. The number of halogens is 3. The zero-order valence-corrected chi connectivity index (χ0v) is 9.88. The molecule has 0 radical (unpaired) electrons. The van der Waals surface area contributed by atoms with Gasteiger partial charge in [-0.1, -0.05) is 0 Å². The molecule has 1 aromatic heterocycles. The van der Waals surface area contributed by atoms with Gasteiger partial charge in [0.05, 0.1) is 5.69 Å². The van der Waals surface area contributed by atoms with Crippen LogP contribution in [0.3, 0.4) is 0 Å². The van der Waals surface area contributed by atoms with Crippen molar-refractivity contribution in [3.05, 3.63) is 23.8 Å². The van der Waals surface area contributed by atoms with Crippen LogP contribution in [-0.2, 0) is 0 Å². The first-order valence-corrected chi connectivity index (χ1v) is 5.46. The van der Waals surface area contributed by atoms with E-state index in [4.69, 9.17) is 0 Å². The predicted octanol–water partition coefficient (Wildman–Crippen LogP) is 2.78. The summed E-state index contributed by atoms with van der Waals surface area (Å²) in [6.07, 6.45) is -2.72. The smallest absolute Gasteiger partial charge is 0.312 e. The second-order valence-corrected chi connectivity index (χ2v) is 3.88. The van der Waals surface area contributed by atoms with Crippen molar-refractivity contribution in [2.45, 2.75) is 38.4 Å². The quantitative estimate of drug-likeness (QED) is 0.869. The van der Waals surface area contributed by atoms with Gasteiger partial charge in [0, 0.05) is 18.7 Å². The van der Waals surface area contributed by atoms with Gasteiger partial charge < -0.3 is 5.32 Å². The molecule has 0 fully saturated rings. The molecule has 0 amide bonds. The molecule has 1 rings (SSSR count). The van der Waals surface area contributed by atoms with Gasteiger partial charge in [0.1, 0.15) is 5.82 Å². The summed E-state index contributed by atoms with van der Waals surface area (Å²) in [6.45, 7) is 1.76. The van der Waals surface area contributed by atoms with Crippen LogP contribution in [0.5, 0.6) is 0 Å². The summed E-state index contributed by atoms with van der Waals surface area (Å²) in [5, 5.41) is 2.97. The lowest BCUT2D eigenvalue weighted by Gasteiger charge is -2.16. The Morgan fingerprint density at radius 1 is 1.41 bits per heavy atom. The van der Waals surface area contributed by atoms with Crippen molar-refractivity contribution in [1.29, 1.82) is 0 Å². The van der Waals surface area contributed by atoms with Gasteiger partial charge in [-0.3, -0.25) is 0 Å². The highest BCUT2D eigenvalue weighted by Gasteiger charge is 2.26. The summed E-state index contributed by atoms with van der Waals surface area (Å²) in [7, 11) is 1.72. The molecule has 0 bridgehead atoms. The van der Waals surface area contributed by atoms with Gasteiger partial charge >= 0.3 is 6.18 Å². The van der Waals surface area contributed by atoms with E-state index in [-0.39, 0.29) is 12.5 Å². The van der Waals surface area contributed by atoms with Crippen LogP contribution < -0.4 is 5.32 Å². The molecule has 0 aromatic carbocycles. The van der Waals surface area contributed by atoms with Crippen LogP contribution in [0, 0.1) is 6.92 Å². The van der Waals surface area contributed by atoms with E-state index in [1.165, 1.54) is 0 Å². The average molecular weight is 247 g/mol. The zero-order chi connectivity index (χ0) is 12.9. The van der Waals surface area contributed by atoms with Gasteiger partial charge in [-0.2, -0.15) is 13.2 Å². The second-order valence-electron chi connectivity index (χ2n) is 3.88. The number of alkyl halides is 3. The molecule has 0 aliphatic rings. The number of nitrogens with zero attached hydrogens (tertiary/aromatic N) is 2. The lowest BCUT2D eigenvalue weighted by Crippen LogP contribution is -2.19. The molecular formula is C11H16F3N3. The van der Waals surface area contributed by atoms with Gasteiger partial charge in [0.2, 0.25) is 0 Å². The van der Waals surface area contributed by atoms with Gasteiger partial charge in [0.15, 0.2) is 0 Å². The zero-order valence-electron chi connectivity index (χ0n) is 9.88. The van der Waals surface area contributed by atoms with E-state index in [1.54, 1.807) is 26.2 Å². The number of rotatable bonds is 5. The Labute approximate surface area is 98.5 Å². The van der Waals surface area contributed by atoms with E-state index in [0.717, 1.165) is 5.69 Å². The maximum Gasteiger partial charge on any atom is 0.389 e. The van der Waals surface area contributed by atoms with E-state index in [0.29, 0.717) is 12.2 Å². The average Bonchev–Trinajstić information content (AvgIpc) is 2.23. The van der Waals surface area contributed by atoms with Crippen LogP contribution in [-0.4, -0.2) is 23.2 Å². The molecule has 1 unspecified atom stereocenters. The number of aryl methyl sites for hydroxylation is 1. The van der Waals surface area contributed by atoms with Crippen LogP contribution in [0.25, 0.3) is 0 Å². The van der Waals surface area contributed by atoms with Gasteiger partial charge in [-0.15, -0.1) is 0 Å². The van der Waals surface area contributed by atoms with Crippen molar-refractivity contribution in [3.8, 4) is 0 Å². The van der Waals surface area contributed by atoms with Crippen molar-refractivity contribution in [1.82, 2.24) is 15.3 Å². The second kappa shape index (κ2) is 5.95. The maximum atomic E-state index is 12.0. The van der Waals surface area contributed by atoms with Gasteiger partial charge in [-0.05, 0) is 32.9 Å². The van der Waals surface area contributed by atoms with Crippen molar-refractivity contribution < 1.29 is 13.2 Å². The molecule has 1 heterocycles. The summed E-state index contributed by atoms with van der Waals surface area (Å²) in [5.41, 5.74) is 0.738. The van der Waals surface area contributed by atoms with E-state index in [9.17, 15) is 13.2 Å². The largest absolute Gasteiger partial charge is 0.389 e. The third-order valence-corrected chi connectivity index (χ3v) is 2.46. The minimum Gasteiger partial charge on any atom is -0.312 e. The Bertz CT molecular complexity index is 352. The molecule has 0 aliphatic heterocycles. The molecule has 1 N–H and O–H groups in total. The Hall–Kier alpha value is -1.17. The van der Waals surface area contributed by atoms with Crippen LogP contribution in [0.4, 0.5) is 13.2 Å². The minimum absolute atomic E-state index is 0.0953. The molecule has 0 aliphatic carbocycles. The molecular weight excluding hydrogens is 231 g/mol. The highest BCUT2D eigenvalue weighted by molar-refractivity contribution is 5.07. The highest BCUT2D eigenvalue weighted by Crippen LogP contribution is 2.25. The summed E-state index contributed by atoms with van der Waals surface area (Å²) >= 11 is 0. The summed E-state index contributed by atoms with van der Waals surface area (Å²) in [6, 6.07) is 1.57. The van der Waals surface area contributed by atoms with Crippen LogP contribution in [0.15, 0.2) is 12.3 Å². The van der Waals surface area contributed by atoms with E-state index in [1.807, 2.05) is 0 Å². The lowest BCUT2D eigenvalue weighted by atomic mass is 10.1. The summed E-state index contributed by atoms with van der Waals surface area (Å²) in [4.78, 5) is 8.16. The first-order chi connectivity index (χ1) is 7.92. The number of hydrogen-bond donors (Lipinski definition) is 1. The van der Waals surface area contributed by atoms with Crippen molar-refractivity contribution in [2.75, 3.05) is 7.05 Å². The standard InChI is InChI=1S/C11H16F3N3/c1-8-16-7-5-10(17-8)9(15-2)4-3-6-11(12,13)14/h5,7,9,15H,3-4,6H2,1-2H3. The van der Waals surface area contributed by atoms with Gasteiger partial charge in [0.25, 0.3) is 0 Å². The highest BCUT2D eigenvalue weighted by atomic mass is 19.4. The predicted molar refractivity (Wildman–Crippen MR) is 58.5 cm³/mol. The molecule has 1 atom stereocenters. The Morgan fingerprint density at radius 3 is 2.65 bits per heavy atom. The van der Waals surface area contributed by atoms with Crippen molar-refractivity contribution in [2.24, 2.45) is 0 Å². The Kier molecular flexibility index (Phi) is 4.86. The number of hydrogen-bond acceptors (Lipinski definition) is 3. The number of nitrogens with one attached hydrogen (secondary N) is 1. The first-order valence-electron chi connectivity index (χ1n) is 5.46. The van der Waals surface area contributed by atoms with E-state index in [2.05, 4.69) is 15.3 Å². The summed E-state index contributed by atoms with van der Waals surface area (Å²) < 4.78 is 36.1. The third kappa shape index (κ3) is 5.12. The SMILES string of the molecule is CNC(CCCC(F)(F)F)c1ccnc(C)n1. The number of aromatic nitrogens is 2. The van der Waals surface area contributed by atoms with Crippen LogP contribution >= 0.6 is 0 Å². The lowest BCUT2D eigenvalue weighted by molar-refractivity contribution is -0.135. The molecule has 96 valence electrons. The fraction of sp³-hybridized carbons (Fsp3) is 0.636. The normalized spacial score (nSPS) is 13.7. The fourth-order valence-corrected chi connectivity index (χ4v) is 1.62. The monoisotopic (exact) mass is 247 g/mol. The summed E-state index contributed by atoms with van der Waals surface area (Å²) in [5.74, 6) is 0.624. The Morgan fingerprint density at radius 2 is 2.12 bits per heavy atom. The van der Waals surface area contributed by atoms with E-state index < -0.39 is 12.6 Å². The molecule has 0 saturated carbocycles. The minimum atomic E-state index is -4.08. The maximum absolute atomic E-state index is 12.0. The topological polar surface area (TPSA) is 37.8 Å². The molecule has 1 aromatic rings. The van der Waals surface area contributed by atoms with Crippen molar-refractivity contribution in [3.63, 3.8) is 0 Å². The molecule has 0 spiro atoms. The molecule has 3 nitrogen and oxygen atoms in total. The first kappa shape index (κ1) is 13.9. The van der Waals surface area contributed by atoms with Crippen LogP contribution in [0.1, 0.15) is 36.8 Å². The van der Waals surface area contributed by atoms with Gasteiger partial charge in [-0.25, -0.2) is 9.97 Å². The molecule has 6 heteroatoms. The Balaban J connectivity index is 2.54. The van der Waals surface area contributed by atoms with Crippen molar-refractivity contribution >= 4 is 0 Å². The van der Waals surface area contributed by atoms with Crippen LogP contribution in [0.2, 0.25) is 0 Å². The third-order valence-electron chi connectivity index (χ3n) is 2.46.